The van der Waals surface area contributed by atoms with Gasteiger partial charge in [0.1, 0.15) is 11.5 Å². The van der Waals surface area contributed by atoms with Gasteiger partial charge in [-0.3, -0.25) is 4.79 Å². The van der Waals surface area contributed by atoms with E-state index in [4.69, 9.17) is 0 Å². The van der Waals surface area contributed by atoms with Gasteiger partial charge in [0.2, 0.25) is 0 Å². The first-order valence-corrected chi connectivity index (χ1v) is 6.27. The highest BCUT2D eigenvalue weighted by Crippen LogP contribution is 2.25. The van der Waals surface area contributed by atoms with Crippen molar-refractivity contribution in [3.63, 3.8) is 0 Å². The Bertz CT molecular complexity index is 585. The molecular weight excluding hydrogens is 240 g/mol. The smallest absolute Gasteiger partial charge is 0.196 e. The molecule has 2 aromatic rings. The second-order valence-electron chi connectivity index (χ2n) is 4.48. The summed E-state index contributed by atoms with van der Waals surface area (Å²) >= 11 is 0. The zero-order chi connectivity index (χ0) is 13.8. The number of ketones is 1. The first kappa shape index (κ1) is 13.1. The topological polar surface area (TPSA) is 57.5 Å². The molecule has 0 aromatic heterocycles. The van der Waals surface area contributed by atoms with Crippen LogP contribution in [0.4, 0.5) is 0 Å². The van der Waals surface area contributed by atoms with E-state index in [9.17, 15) is 15.0 Å². The van der Waals surface area contributed by atoms with Crippen LogP contribution in [0.25, 0.3) is 0 Å². The number of aromatic hydroxyl groups is 2. The zero-order valence-corrected chi connectivity index (χ0v) is 10.8. The van der Waals surface area contributed by atoms with E-state index in [1.54, 1.807) is 12.1 Å². The number of phenols is 2. The summed E-state index contributed by atoms with van der Waals surface area (Å²) in [5, 5.41) is 18.9. The molecule has 0 heterocycles. The van der Waals surface area contributed by atoms with Gasteiger partial charge in [0.25, 0.3) is 0 Å². The molecule has 2 N–H and O–H groups in total. The Balaban J connectivity index is 2.28. The Kier molecular flexibility index (Phi) is 3.85. The summed E-state index contributed by atoms with van der Waals surface area (Å²) < 4.78 is 0. The fourth-order valence-corrected chi connectivity index (χ4v) is 1.98. The second kappa shape index (κ2) is 5.57. The molecule has 3 heteroatoms. The molecule has 0 fully saturated rings. The largest absolute Gasteiger partial charge is 0.508 e. The van der Waals surface area contributed by atoms with Gasteiger partial charge in [-0.15, -0.1) is 0 Å². The number of carbonyl (C=O) groups excluding carboxylic acids is 1. The molecule has 19 heavy (non-hydrogen) atoms. The number of aryl methyl sites for hydroxylation is 1. The lowest BCUT2D eigenvalue weighted by Crippen LogP contribution is -2.01. The summed E-state index contributed by atoms with van der Waals surface area (Å²) in [5.41, 5.74) is 1.91. The lowest BCUT2D eigenvalue weighted by molar-refractivity contribution is 0.103. The van der Waals surface area contributed by atoms with Crippen LogP contribution in [0.2, 0.25) is 0 Å². The SMILES string of the molecule is CCCc1ccc(C(=O)c2ccc(O)cc2O)cc1. The third-order valence-corrected chi connectivity index (χ3v) is 2.98. The quantitative estimate of drug-likeness (QED) is 0.825. The number of rotatable bonds is 4. The molecule has 2 rings (SSSR count). The van der Waals surface area contributed by atoms with Crippen LogP contribution in [0, 0.1) is 0 Å². The third-order valence-electron chi connectivity index (χ3n) is 2.98. The molecule has 0 unspecified atom stereocenters. The molecule has 0 bridgehead atoms. The van der Waals surface area contributed by atoms with Crippen LogP contribution in [0.1, 0.15) is 34.8 Å². The van der Waals surface area contributed by atoms with Gasteiger partial charge in [-0.2, -0.15) is 0 Å². The van der Waals surface area contributed by atoms with Gasteiger partial charge < -0.3 is 10.2 Å². The molecule has 0 saturated heterocycles. The Morgan fingerprint density at radius 3 is 2.32 bits per heavy atom. The Morgan fingerprint density at radius 1 is 1.05 bits per heavy atom. The molecule has 0 aliphatic carbocycles. The molecule has 2 aromatic carbocycles. The minimum Gasteiger partial charge on any atom is -0.508 e. The number of benzene rings is 2. The molecule has 98 valence electrons. The molecule has 0 atom stereocenters. The standard InChI is InChI=1S/C16H16O3/c1-2-3-11-4-6-12(7-5-11)16(19)14-9-8-13(17)10-15(14)18/h4-10,17-18H,2-3H2,1H3. The Hall–Kier alpha value is -2.29. The Morgan fingerprint density at radius 2 is 1.74 bits per heavy atom. The van der Waals surface area contributed by atoms with Crippen LogP contribution in [-0.2, 0) is 6.42 Å². The molecule has 0 amide bonds. The monoisotopic (exact) mass is 256 g/mol. The van der Waals surface area contributed by atoms with Gasteiger partial charge in [0, 0.05) is 11.6 Å². The number of hydrogen-bond donors (Lipinski definition) is 2. The average molecular weight is 256 g/mol. The van der Waals surface area contributed by atoms with Crippen molar-refractivity contribution in [2.24, 2.45) is 0 Å². The maximum Gasteiger partial charge on any atom is 0.196 e. The van der Waals surface area contributed by atoms with Gasteiger partial charge in [-0.05, 0) is 24.1 Å². The van der Waals surface area contributed by atoms with E-state index in [-0.39, 0.29) is 22.8 Å². The molecular formula is C16H16O3. The fraction of sp³-hybridized carbons (Fsp3) is 0.188. The third kappa shape index (κ3) is 2.94. The van der Waals surface area contributed by atoms with E-state index < -0.39 is 0 Å². The highest BCUT2D eigenvalue weighted by molar-refractivity contribution is 6.10. The van der Waals surface area contributed by atoms with Crippen LogP contribution in [0.3, 0.4) is 0 Å². The van der Waals surface area contributed by atoms with Crippen molar-refractivity contribution in [1.29, 1.82) is 0 Å². The zero-order valence-electron chi connectivity index (χ0n) is 10.8. The summed E-state index contributed by atoms with van der Waals surface area (Å²) in [6, 6.07) is 11.4. The van der Waals surface area contributed by atoms with E-state index in [0.717, 1.165) is 12.8 Å². The first-order chi connectivity index (χ1) is 9.11. The molecule has 0 saturated carbocycles. The maximum absolute atomic E-state index is 12.2. The van der Waals surface area contributed by atoms with Crippen LogP contribution in [-0.4, -0.2) is 16.0 Å². The summed E-state index contributed by atoms with van der Waals surface area (Å²) in [6.07, 6.45) is 2.05. The Labute approximate surface area is 112 Å². The van der Waals surface area contributed by atoms with Crippen LogP contribution < -0.4 is 0 Å². The molecule has 0 aliphatic rings. The predicted molar refractivity (Wildman–Crippen MR) is 73.6 cm³/mol. The highest BCUT2D eigenvalue weighted by Gasteiger charge is 2.13. The van der Waals surface area contributed by atoms with Gasteiger partial charge in [0.15, 0.2) is 5.78 Å². The van der Waals surface area contributed by atoms with Crippen LogP contribution in [0.15, 0.2) is 42.5 Å². The van der Waals surface area contributed by atoms with Crippen molar-refractivity contribution >= 4 is 5.78 Å². The first-order valence-electron chi connectivity index (χ1n) is 6.27. The van der Waals surface area contributed by atoms with Crippen molar-refractivity contribution in [1.82, 2.24) is 0 Å². The highest BCUT2D eigenvalue weighted by atomic mass is 16.3. The second-order valence-corrected chi connectivity index (χ2v) is 4.48. The van der Waals surface area contributed by atoms with Crippen LogP contribution >= 0.6 is 0 Å². The van der Waals surface area contributed by atoms with Crippen molar-refractivity contribution < 1.29 is 15.0 Å². The number of phenolic OH excluding ortho intramolecular Hbond substituents is 2. The predicted octanol–water partition coefficient (Wildman–Crippen LogP) is 3.28. The lowest BCUT2D eigenvalue weighted by Gasteiger charge is -2.05. The summed E-state index contributed by atoms with van der Waals surface area (Å²) in [4.78, 5) is 12.2. The van der Waals surface area contributed by atoms with E-state index in [2.05, 4.69) is 6.92 Å². The van der Waals surface area contributed by atoms with E-state index in [0.29, 0.717) is 5.56 Å². The minimum absolute atomic E-state index is 0.0626. The molecule has 0 radical (unpaired) electrons. The number of carbonyl (C=O) groups is 1. The average Bonchev–Trinajstić information content (AvgIpc) is 2.39. The fourth-order valence-electron chi connectivity index (χ4n) is 1.98. The van der Waals surface area contributed by atoms with Crippen LogP contribution in [0.5, 0.6) is 11.5 Å². The van der Waals surface area contributed by atoms with Crippen molar-refractivity contribution in [2.45, 2.75) is 19.8 Å². The summed E-state index contributed by atoms with van der Waals surface area (Å²) in [7, 11) is 0. The normalized spacial score (nSPS) is 10.4. The van der Waals surface area contributed by atoms with E-state index in [1.165, 1.54) is 23.8 Å². The van der Waals surface area contributed by atoms with Gasteiger partial charge in [-0.25, -0.2) is 0 Å². The van der Waals surface area contributed by atoms with Gasteiger partial charge in [-0.1, -0.05) is 37.6 Å². The molecule has 0 aliphatic heterocycles. The molecule has 3 nitrogen and oxygen atoms in total. The maximum atomic E-state index is 12.2. The number of hydrogen-bond acceptors (Lipinski definition) is 3. The van der Waals surface area contributed by atoms with E-state index in [1.807, 2.05) is 12.1 Å². The minimum atomic E-state index is -0.249. The summed E-state index contributed by atoms with van der Waals surface area (Å²) in [5.74, 6) is -0.518. The molecule has 0 spiro atoms. The van der Waals surface area contributed by atoms with E-state index >= 15 is 0 Å². The summed E-state index contributed by atoms with van der Waals surface area (Å²) in [6.45, 7) is 2.10. The lowest BCUT2D eigenvalue weighted by atomic mass is 10.00. The van der Waals surface area contributed by atoms with Crippen molar-refractivity contribution in [3.05, 3.63) is 59.2 Å². The van der Waals surface area contributed by atoms with Crippen molar-refractivity contribution in [2.75, 3.05) is 0 Å². The van der Waals surface area contributed by atoms with Gasteiger partial charge in [0.05, 0.1) is 5.56 Å². The van der Waals surface area contributed by atoms with Gasteiger partial charge >= 0.3 is 0 Å². The van der Waals surface area contributed by atoms with Crippen molar-refractivity contribution in [3.8, 4) is 11.5 Å².